The third-order valence-corrected chi connectivity index (χ3v) is 5.34. The lowest BCUT2D eigenvalue weighted by molar-refractivity contribution is -0.146. The van der Waals surface area contributed by atoms with E-state index in [0.29, 0.717) is 48.1 Å². The molecule has 1 unspecified atom stereocenters. The molecule has 2 heterocycles. The number of aliphatic carboxylic acids is 3. The fraction of sp³-hybridized carbons (Fsp3) is 0.400. The molecule has 160 valence electrons. The quantitative estimate of drug-likeness (QED) is 0.435. The van der Waals surface area contributed by atoms with Gasteiger partial charge in [0.2, 0.25) is 5.91 Å². The van der Waals surface area contributed by atoms with Crippen LogP contribution in [0.3, 0.4) is 0 Å². The number of hydrogen-bond donors (Lipinski definition) is 5. The molecule has 1 saturated heterocycles. The number of carbonyl (C=O) groups excluding carboxylic acids is 1. The highest BCUT2D eigenvalue weighted by Crippen LogP contribution is 2.33. The molecule has 1 aliphatic rings. The summed E-state index contributed by atoms with van der Waals surface area (Å²) in [6.07, 6.45) is 1.93. The van der Waals surface area contributed by atoms with Crippen LogP contribution < -0.4 is 5.32 Å². The number of carbonyl (C=O) groups is 4. The SMILES string of the molecule is O=C(O)CCC(=O)Nc1ccc2[nH]cc(C(C(=O)O)N3CCC(C(=O)O)CC3)c2c1. The Hall–Kier alpha value is -3.40. The minimum Gasteiger partial charge on any atom is -0.481 e. The maximum atomic E-state index is 12.1. The van der Waals surface area contributed by atoms with Crippen molar-refractivity contribution in [1.82, 2.24) is 9.88 Å². The number of nitrogens with one attached hydrogen (secondary N) is 2. The number of carboxylic acids is 3. The van der Waals surface area contributed by atoms with Gasteiger partial charge in [-0.05, 0) is 31.0 Å². The largest absolute Gasteiger partial charge is 0.481 e. The van der Waals surface area contributed by atoms with Crippen molar-refractivity contribution >= 4 is 40.4 Å². The first-order valence-corrected chi connectivity index (χ1v) is 9.58. The summed E-state index contributed by atoms with van der Waals surface area (Å²) in [5, 5.41) is 31.0. The van der Waals surface area contributed by atoms with Crippen LogP contribution >= 0.6 is 0 Å². The molecule has 1 amide bonds. The Kier molecular flexibility index (Phi) is 6.36. The van der Waals surface area contributed by atoms with Crippen LogP contribution in [0.4, 0.5) is 5.69 Å². The Morgan fingerprint density at radius 3 is 2.40 bits per heavy atom. The number of carboxylic acid groups (broad SMARTS) is 3. The molecule has 1 atom stereocenters. The van der Waals surface area contributed by atoms with E-state index in [1.165, 1.54) is 0 Å². The van der Waals surface area contributed by atoms with Crippen LogP contribution in [0, 0.1) is 5.92 Å². The summed E-state index contributed by atoms with van der Waals surface area (Å²) in [4.78, 5) is 50.6. The monoisotopic (exact) mass is 417 g/mol. The van der Waals surface area contributed by atoms with E-state index in [1.54, 1.807) is 29.3 Å². The second-order valence-corrected chi connectivity index (χ2v) is 7.34. The van der Waals surface area contributed by atoms with Crippen LogP contribution in [0.25, 0.3) is 10.9 Å². The number of aromatic amines is 1. The molecule has 10 heteroatoms. The molecule has 0 spiro atoms. The van der Waals surface area contributed by atoms with Crippen molar-refractivity contribution in [2.24, 2.45) is 5.92 Å². The number of likely N-dealkylation sites (tertiary alicyclic amines) is 1. The van der Waals surface area contributed by atoms with E-state index in [-0.39, 0.29) is 12.8 Å². The van der Waals surface area contributed by atoms with Crippen LogP contribution in [0.2, 0.25) is 0 Å². The molecule has 2 aromatic rings. The fourth-order valence-corrected chi connectivity index (χ4v) is 3.78. The van der Waals surface area contributed by atoms with Crippen LogP contribution in [0.1, 0.15) is 37.3 Å². The minimum absolute atomic E-state index is 0.163. The average molecular weight is 417 g/mol. The van der Waals surface area contributed by atoms with E-state index >= 15 is 0 Å². The van der Waals surface area contributed by atoms with Crippen LogP contribution in [-0.4, -0.2) is 62.1 Å². The number of rotatable bonds is 8. The van der Waals surface area contributed by atoms with Gasteiger partial charge in [-0.15, -0.1) is 0 Å². The van der Waals surface area contributed by atoms with Gasteiger partial charge >= 0.3 is 17.9 Å². The third kappa shape index (κ3) is 4.77. The van der Waals surface area contributed by atoms with Crippen molar-refractivity contribution in [3.05, 3.63) is 30.0 Å². The van der Waals surface area contributed by atoms with Gasteiger partial charge in [0.25, 0.3) is 0 Å². The molecule has 0 radical (unpaired) electrons. The Labute approximate surface area is 171 Å². The number of H-pyrrole nitrogens is 1. The topological polar surface area (TPSA) is 160 Å². The molecule has 0 saturated carbocycles. The average Bonchev–Trinajstić information content (AvgIpc) is 3.09. The van der Waals surface area contributed by atoms with Crippen molar-refractivity contribution in [1.29, 1.82) is 0 Å². The number of benzene rings is 1. The molecule has 10 nitrogen and oxygen atoms in total. The van der Waals surface area contributed by atoms with Gasteiger partial charge in [0.05, 0.1) is 12.3 Å². The molecule has 0 bridgehead atoms. The Balaban J connectivity index is 1.83. The zero-order valence-electron chi connectivity index (χ0n) is 16.1. The predicted molar refractivity (Wildman–Crippen MR) is 106 cm³/mol. The van der Waals surface area contributed by atoms with Crippen LogP contribution in [0.5, 0.6) is 0 Å². The number of anilines is 1. The van der Waals surface area contributed by atoms with Crippen LogP contribution in [0.15, 0.2) is 24.4 Å². The van der Waals surface area contributed by atoms with Crippen molar-refractivity contribution < 1.29 is 34.5 Å². The van der Waals surface area contributed by atoms with Crippen molar-refractivity contribution in [3.63, 3.8) is 0 Å². The van der Waals surface area contributed by atoms with Gasteiger partial charge in [0.15, 0.2) is 0 Å². The first-order valence-electron chi connectivity index (χ1n) is 9.58. The highest BCUT2D eigenvalue weighted by molar-refractivity contribution is 5.96. The Morgan fingerprint density at radius 2 is 1.80 bits per heavy atom. The standard InChI is InChI=1S/C20H23N3O7/c24-16(3-4-17(25)26)22-12-1-2-15-13(9-12)14(10-21-15)18(20(29)30)23-7-5-11(6-8-23)19(27)28/h1-2,9-11,18,21H,3-8H2,(H,22,24)(H,25,26)(H,27,28)(H,29,30). The lowest BCUT2D eigenvalue weighted by Crippen LogP contribution is -2.41. The van der Waals surface area contributed by atoms with E-state index in [9.17, 15) is 24.3 Å². The summed E-state index contributed by atoms with van der Waals surface area (Å²) >= 11 is 0. The lowest BCUT2D eigenvalue weighted by atomic mass is 9.94. The molecule has 1 fully saturated rings. The molecule has 5 N–H and O–H groups in total. The Morgan fingerprint density at radius 1 is 1.10 bits per heavy atom. The molecule has 1 aromatic heterocycles. The number of amides is 1. The minimum atomic E-state index is -1.07. The van der Waals surface area contributed by atoms with Gasteiger partial charge < -0.3 is 25.6 Å². The number of fused-ring (bicyclic) bond motifs is 1. The molecule has 0 aliphatic carbocycles. The second kappa shape index (κ2) is 8.95. The number of piperidine rings is 1. The maximum absolute atomic E-state index is 12.1. The third-order valence-electron chi connectivity index (χ3n) is 5.34. The zero-order valence-corrected chi connectivity index (χ0v) is 16.1. The van der Waals surface area contributed by atoms with Gasteiger partial charge in [-0.3, -0.25) is 24.1 Å². The highest BCUT2D eigenvalue weighted by Gasteiger charge is 2.34. The summed E-state index contributed by atoms with van der Waals surface area (Å²) in [7, 11) is 0. The number of hydrogen-bond acceptors (Lipinski definition) is 5. The zero-order chi connectivity index (χ0) is 21.8. The summed E-state index contributed by atoms with van der Waals surface area (Å²) in [6.45, 7) is 0.707. The second-order valence-electron chi connectivity index (χ2n) is 7.34. The van der Waals surface area contributed by atoms with E-state index in [2.05, 4.69) is 10.3 Å². The normalized spacial score (nSPS) is 16.3. The summed E-state index contributed by atoms with van der Waals surface area (Å²) in [5.41, 5.74) is 1.65. The molecule has 30 heavy (non-hydrogen) atoms. The first-order chi connectivity index (χ1) is 14.3. The van der Waals surface area contributed by atoms with Crippen molar-refractivity contribution in [3.8, 4) is 0 Å². The molecule has 1 aromatic carbocycles. The predicted octanol–water partition coefficient (Wildman–Crippen LogP) is 1.89. The van der Waals surface area contributed by atoms with Crippen molar-refractivity contribution in [2.45, 2.75) is 31.7 Å². The Bertz CT molecular complexity index is 976. The fourth-order valence-electron chi connectivity index (χ4n) is 3.78. The maximum Gasteiger partial charge on any atom is 0.325 e. The summed E-state index contributed by atoms with van der Waals surface area (Å²) in [6, 6.07) is 4.06. The molecule has 1 aliphatic heterocycles. The smallest absolute Gasteiger partial charge is 0.325 e. The molecule has 3 rings (SSSR count). The number of nitrogens with zero attached hydrogens (tertiary/aromatic N) is 1. The van der Waals surface area contributed by atoms with Gasteiger partial charge in [-0.1, -0.05) is 0 Å². The summed E-state index contributed by atoms with van der Waals surface area (Å²) < 4.78 is 0. The highest BCUT2D eigenvalue weighted by atomic mass is 16.4. The van der Waals surface area contributed by atoms with Crippen molar-refractivity contribution in [2.75, 3.05) is 18.4 Å². The lowest BCUT2D eigenvalue weighted by Gasteiger charge is -2.34. The van der Waals surface area contributed by atoms with Crippen LogP contribution in [-0.2, 0) is 19.2 Å². The van der Waals surface area contributed by atoms with Gasteiger partial charge in [0.1, 0.15) is 6.04 Å². The van der Waals surface area contributed by atoms with Gasteiger partial charge in [-0.2, -0.15) is 0 Å². The van der Waals surface area contributed by atoms with E-state index in [1.807, 2.05) is 0 Å². The first kappa shape index (κ1) is 21.3. The molecular weight excluding hydrogens is 394 g/mol. The number of aromatic nitrogens is 1. The van der Waals surface area contributed by atoms with E-state index in [4.69, 9.17) is 10.2 Å². The van der Waals surface area contributed by atoms with Gasteiger partial charge in [0, 0.05) is 47.9 Å². The van der Waals surface area contributed by atoms with Gasteiger partial charge in [-0.25, -0.2) is 0 Å². The summed E-state index contributed by atoms with van der Waals surface area (Å²) in [5.74, 6) is -3.88. The molecular formula is C20H23N3O7. The van der Waals surface area contributed by atoms with E-state index in [0.717, 1.165) is 0 Å². The van der Waals surface area contributed by atoms with E-state index < -0.39 is 35.8 Å².